The van der Waals surface area contributed by atoms with E-state index in [4.69, 9.17) is 0 Å². The molecule has 0 unspecified atom stereocenters. The summed E-state index contributed by atoms with van der Waals surface area (Å²) in [6, 6.07) is 18.2. The molecular weight excluding hydrogens is 496 g/mol. The molecule has 0 atom stereocenters. The molecule has 2 heteroatoms. The van der Waals surface area contributed by atoms with Crippen molar-refractivity contribution in [3.05, 3.63) is 87.5 Å². The van der Waals surface area contributed by atoms with Crippen LogP contribution in [0.3, 0.4) is 0 Å². The highest BCUT2D eigenvalue weighted by Crippen LogP contribution is 2.44. The fourth-order valence-corrected chi connectivity index (χ4v) is 6.24. The van der Waals surface area contributed by atoms with Gasteiger partial charge in [0.2, 0.25) is 11.4 Å². The number of aryl methyl sites for hydroxylation is 2. The molecule has 1 aliphatic rings. The standard InChI is InChI=1S/C39H58N2/c1-5-9-13-17-21-33-26-30-35(31-27-33)39-37(23-19-15-11-7-3)36(22-18-14-10-6-2)38(41(39)40)34-28-24-32(25-29-34)20-16-12-8-4/h24-31H,5-23H2,1-4H3. The van der Waals surface area contributed by atoms with Gasteiger partial charge in [-0.15, -0.1) is 0 Å². The molecule has 0 aliphatic carbocycles. The minimum atomic E-state index is 1.02. The summed E-state index contributed by atoms with van der Waals surface area (Å²) < 4.78 is 1.56. The number of unbranched alkanes of at least 4 members (excludes halogenated alkanes) is 11. The first-order valence-corrected chi connectivity index (χ1v) is 17.3. The van der Waals surface area contributed by atoms with E-state index in [0.717, 1.165) is 48.2 Å². The van der Waals surface area contributed by atoms with E-state index >= 15 is 0 Å². The van der Waals surface area contributed by atoms with Crippen LogP contribution in [0, 0.1) is 0 Å². The minimum Gasteiger partial charge on any atom is -0.493 e. The molecule has 1 aliphatic heterocycles. The predicted octanol–water partition coefficient (Wildman–Crippen LogP) is 12.7. The van der Waals surface area contributed by atoms with Crippen LogP contribution in [0.5, 0.6) is 0 Å². The zero-order valence-corrected chi connectivity index (χ0v) is 26.9. The van der Waals surface area contributed by atoms with Crippen molar-refractivity contribution in [1.82, 2.24) is 0 Å². The Balaban J connectivity index is 1.95. The third-order valence-corrected chi connectivity index (χ3v) is 8.76. The number of allylic oxidation sites excluding steroid dienone is 2. The maximum absolute atomic E-state index is 11.9. The Morgan fingerprint density at radius 1 is 0.415 bits per heavy atom. The van der Waals surface area contributed by atoms with Crippen molar-refractivity contribution in [2.75, 3.05) is 0 Å². The molecule has 0 saturated heterocycles. The van der Waals surface area contributed by atoms with Gasteiger partial charge in [-0.25, -0.2) is 4.70 Å². The Labute approximate surface area is 252 Å². The molecule has 0 radical (unpaired) electrons. The van der Waals surface area contributed by atoms with Crippen molar-refractivity contribution in [1.29, 1.82) is 0 Å². The summed E-state index contributed by atoms with van der Waals surface area (Å²) in [5, 5.41) is 0. The van der Waals surface area contributed by atoms with Crippen LogP contribution in [-0.4, -0.2) is 4.70 Å². The van der Waals surface area contributed by atoms with Gasteiger partial charge >= 0.3 is 0 Å². The second-order valence-corrected chi connectivity index (χ2v) is 12.2. The van der Waals surface area contributed by atoms with Gasteiger partial charge in [-0.3, -0.25) is 0 Å². The van der Waals surface area contributed by atoms with Crippen LogP contribution in [0.2, 0.25) is 0 Å². The van der Waals surface area contributed by atoms with Gasteiger partial charge in [0.1, 0.15) is 0 Å². The normalized spacial score (nSPS) is 13.6. The third-order valence-electron chi connectivity index (χ3n) is 8.76. The van der Waals surface area contributed by atoms with Gasteiger partial charge in [0, 0.05) is 22.3 Å². The van der Waals surface area contributed by atoms with Crippen LogP contribution >= 0.6 is 0 Å². The first-order chi connectivity index (χ1) is 20.1. The van der Waals surface area contributed by atoms with Gasteiger partial charge in [0.15, 0.2) is 0 Å². The van der Waals surface area contributed by atoms with Gasteiger partial charge < -0.3 is 5.53 Å². The molecule has 41 heavy (non-hydrogen) atoms. The SMILES string of the molecule is CCCCCCC1=C(c2ccc(CCCCC)cc2)[N+](=[N-])C(c2ccc(CCCCCC)cc2)=C1CCCCCC. The van der Waals surface area contributed by atoms with E-state index < -0.39 is 0 Å². The Kier molecular flexibility index (Phi) is 15.2. The monoisotopic (exact) mass is 554 g/mol. The van der Waals surface area contributed by atoms with Gasteiger partial charge in [0.25, 0.3) is 0 Å². The van der Waals surface area contributed by atoms with Crippen LogP contribution in [0.1, 0.15) is 159 Å². The van der Waals surface area contributed by atoms with E-state index in [1.165, 1.54) is 119 Å². The Morgan fingerprint density at radius 3 is 1.10 bits per heavy atom. The van der Waals surface area contributed by atoms with Crippen LogP contribution in [0.4, 0.5) is 0 Å². The summed E-state index contributed by atoms with van der Waals surface area (Å²) in [5.41, 5.74) is 21.8. The van der Waals surface area contributed by atoms with E-state index in [-0.39, 0.29) is 0 Å². The molecule has 2 aromatic rings. The molecule has 0 fully saturated rings. The van der Waals surface area contributed by atoms with Crippen molar-refractivity contribution in [3.8, 4) is 0 Å². The van der Waals surface area contributed by atoms with E-state index in [2.05, 4.69) is 76.2 Å². The van der Waals surface area contributed by atoms with Gasteiger partial charge in [0.05, 0.1) is 0 Å². The Morgan fingerprint density at radius 2 is 0.732 bits per heavy atom. The number of hydrogen-bond donors (Lipinski definition) is 0. The fourth-order valence-electron chi connectivity index (χ4n) is 6.24. The molecule has 0 spiro atoms. The molecule has 1 heterocycles. The van der Waals surface area contributed by atoms with Crippen LogP contribution in [0.15, 0.2) is 59.7 Å². The highest BCUT2D eigenvalue weighted by Gasteiger charge is 2.35. The number of rotatable bonds is 21. The highest BCUT2D eigenvalue weighted by molar-refractivity contribution is 5.82. The van der Waals surface area contributed by atoms with Crippen LogP contribution in [0.25, 0.3) is 16.9 Å². The summed E-state index contributed by atoms with van der Waals surface area (Å²) in [4.78, 5) is 0. The van der Waals surface area contributed by atoms with Crippen LogP contribution < -0.4 is 0 Å². The van der Waals surface area contributed by atoms with Crippen molar-refractivity contribution in [3.63, 3.8) is 0 Å². The molecule has 0 amide bonds. The molecule has 2 nitrogen and oxygen atoms in total. The average Bonchev–Trinajstić information content (AvgIpc) is 3.27. The lowest BCUT2D eigenvalue weighted by Crippen LogP contribution is -2.03. The molecule has 2 aromatic carbocycles. The Bertz CT molecular complexity index is 1100. The first-order valence-electron chi connectivity index (χ1n) is 17.3. The third kappa shape index (κ3) is 10.1. The Hall–Kier alpha value is -2.48. The summed E-state index contributed by atoms with van der Waals surface area (Å²) in [7, 11) is 0. The fraction of sp³-hybridized carbons (Fsp3) is 0.590. The zero-order chi connectivity index (χ0) is 29.3. The van der Waals surface area contributed by atoms with Gasteiger partial charge in [-0.1, -0.05) is 123 Å². The lowest BCUT2D eigenvalue weighted by molar-refractivity contribution is -0.345. The summed E-state index contributed by atoms with van der Waals surface area (Å²) in [6.45, 7) is 9.09. The zero-order valence-electron chi connectivity index (χ0n) is 26.9. The number of benzene rings is 2. The van der Waals surface area contributed by atoms with Crippen molar-refractivity contribution < 1.29 is 4.70 Å². The summed E-state index contributed by atoms with van der Waals surface area (Å²) in [5.74, 6) is 0. The largest absolute Gasteiger partial charge is 0.493 e. The smallest absolute Gasteiger partial charge is 0.211 e. The lowest BCUT2D eigenvalue weighted by atomic mass is 9.91. The predicted molar refractivity (Wildman–Crippen MR) is 179 cm³/mol. The van der Waals surface area contributed by atoms with E-state index in [1.54, 1.807) is 4.70 Å². The molecule has 0 bridgehead atoms. The van der Waals surface area contributed by atoms with E-state index in [1.807, 2.05) is 0 Å². The number of nitrogens with zero attached hydrogens (tertiary/aromatic N) is 2. The van der Waals surface area contributed by atoms with E-state index in [9.17, 15) is 5.53 Å². The molecule has 0 N–H and O–H groups in total. The highest BCUT2D eigenvalue weighted by atomic mass is 15.2. The van der Waals surface area contributed by atoms with Crippen molar-refractivity contribution in [2.45, 2.75) is 150 Å². The average molecular weight is 555 g/mol. The van der Waals surface area contributed by atoms with Gasteiger partial charge in [-0.05, 0) is 86.8 Å². The van der Waals surface area contributed by atoms with E-state index in [0.29, 0.717) is 0 Å². The second kappa shape index (κ2) is 18.9. The van der Waals surface area contributed by atoms with Gasteiger partial charge in [-0.2, -0.15) is 0 Å². The summed E-state index contributed by atoms with van der Waals surface area (Å²) in [6.07, 6.45) is 23.2. The maximum atomic E-state index is 11.9. The number of hydrogen-bond acceptors (Lipinski definition) is 0. The second-order valence-electron chi connectivity index (χ2n) is 12.2. The minimum absolute atomic E-state index is 1.02. The molecule has 0 aromatic heterocycles. The quantitative estimate of drug-likeness (QED) is 0.108. The molecule has 3 rings (SSSR count). The topological polar surface area (TPSA) is 25.3 Å². The molecule has 0 saturated carbocycles. The van der Waals surface area contributed by atoms with Crippen molar-refractivity contribution in [2.24, 2.45) is 0 Å². The summed E-state index contributed by atoms with van der Waals surface area (Å²) >= 11 is 0. The molecular formula is C39H58N2. The lowest BCUT2D eigenvalue weighted by Gasteiger charge is -2.11. The first kappa shape index (κ1) is 33.0. The maximum Gasteiger partial charge on any atom is 0.211 e. The van der Waals surface area contributed by atoms with Crippen molar-refractivity contribution >= 4 is 11.4 Å². The van der Waals surface area contributed by atoms with Crippen LogP contribution in [-0.2, 0) is 12.8 Å². The molecule has 224 valence electrons.